The van der Waals surface area contributed by atoms with Gasteiger partial charge in [0.15, 0.2) is 5.78 Å². The Balaban J connectivity index is 1.96. The summed E-state index contributed by atoms with van der Waals surface area (Å²) in [5.41, 5.74) is 1.90. The molecule has 0 N–H and O–H groups in total. The quantitative estimate of drug-likeness (QED) is 0.777. The Morgan fingerprint density at radius 2 is 2.05 bits per heavy atom. The van der Waals surface area contributed by atoms with E-state index in [0.717, 1.165) is 28.8 Å². The third-order valence-electron chi connectivity index (χ3n) is 3.72. The van der Waals surface area contributed by atoms with Crippen molar-refractivity contribution in [3.8, 4) is 0 Å². The van der Waals surface area contributed by atoms with E-state index in [2.05, 4.69) is 32.8 Å². The van der Waals surface area contributed by atoms with Gasteiger partial charge in [-0.05, 0) is 67.0 Å². The Morgan fingerprint density at radius 1 is 1.37 bits per heavy atom. The van der Waals surface area contributed by atoms with Crippen molar-refractivity contribution in [3.05, 3.63) is 28.2 Å². The lowest BCUT2D eigenvalue weighted by Gasteiger charge is -2.23. The van der Waals surface area contributed by atoms with Crippen LogP contribution in [0.15, 0.2) is 22.7 Å². The largest absolute Gasteiger partial charge is 0.373 e. The van der Waals surface area contributed by atoms with Gasteiger partial charge >= 0.3 is 0 Å². The van der Waals surface area contributed by atoms with E-state index >= 15 is 0 Å². The summed E-state index contributed by atoms with van der Waals surface area (Å²) in [4.78, 5) is 16.1. The highest BCUT2D eigenvalue weighted by molar-refractivity contribution is 9.10. The molecule has 104 valence electrons. The van der Waals surface area contributed by atoms with Gasteiger partial charge in [0.2, 0.25) is 0 Å². The zero-order chi connectivity index (χ0) is 13.8. The van der Waals surface area contributed by atoms with Crippen molar-refractivity contribution in [3.63, 3.8) is 0 Å². The van der Waals surface area contributed by atoms with Gasteiger partial charge in [0.1, 0.15) is 0 Å². The normalized spacial score (nSPS) is 15.7. The summed E-state index contributed by atoms with van der Waals surface area (Å²) in [5, 5.41) is 0. The highest BCUT2D eigenvalue weighted by atomic mass is 79.9. The summed E-state index contributed by atoms with van der Waals surface area (Å²) in [6, 6.07) is 5.94. The molecule has 3 nitrogen and oxygen atoms in total. The van der Waals surface area contributed by atoms with Gasteiger partial charge in [-0.3, -0.25) is 4.79 Å². The Morgan fingerprint density at radius 3 is 2.63 bits per heavy atom. The number of likely N-dealkylation sites (N-methyl/N-ethyl adjacent to an activating group) is 1. The minimum absolute atomic E-state index is 0.0955. The molecule has 0 spiro atoms. The van der Waals surface area contributed by atoms with Crippen molar-refractivity contribution in [1.82, 2.24) is 4.90 Å². The molecule has 1 heterocycles. The monoisotopic (exact) mass is 324 g/mol. The predicted molar refractivity (Wildman–Crippen MR) is 83.1 cm³/mol. The van der Waals surface area contributed by atoms with E-state index in [-0.39, 0.29) is 5.78 Å². The molecule has 4 heteroatoms. The second-order valence-corrected chi connectivity index (χ2v) is 6.04. The lowest BCUT2D eigenvalue weighted by atomic mass is 10.1. The summed E-state index contributed by atoms with van der Waals surface area (Å²) >= 11 is 3.48. The van der Waals surface area contributed by atoms with Crippen molar-refractivity contribution < 1.29 is 4.79 Å². The van der Waals surface area contributed by atoms with Crippen LogP contribution in [0.25, 0.3) is 0 Å². The zero-order valence-electron chi connectivity index (χ0n) is 11.7. The Hall–Kier alpha value is -0.870. The van der Waals surface area contributed by atoms with Crippen molar-refractivity contribution in [2.75, 3.05) is 38.1 Å². The first kappa shape index (κ1) is 14.5. The maximum atomic E-state index is 11.4. The molecule has 2 rings (SSSR count). The van der Waals surface area contributed by atoms with Crippen molar-refractivity contribution in [2.24, 2.45) is 0 Å². The Bertz CT molecular complexity index is 455. The number of halogens is 1. The number of nitrogens with zero attached hydrogens (tertiary/aromatic N) is 2. The van der Waals surface area contributed by atoms with E-state index in [0.29, 0.717) is 0 Å². The molecule has 0 atom stereocenters. The zero-order valence-corrected chi connectivity index (χ0v) is 13.2. The van der Waals surface area contributed by atoms with E-state index in [9.17, 15) is 4.79 Å². The van der Waals surface area contributed by atoms with Crippen LogP contribution < -0.4 is 4.90 Å². The van der Waals surface area contributed by atoms with Gasteiger partial charge < -0.3 is 9.80 Å². The number of likely N-dealkylation sites (tertiary alicyclic amines) is 1. The van der Waals surface area contributed by atoms with E-state index in [1.807, 2.05) is 18.2 Å². The van der Waals surface area contributed by atoms with E-state index in [4.69, 9.17) is 0 Å². The summed E-state index contributed by atoms with van der Waals surface area (Å²) in [6.07, 6.45) is 2.67. The standard InChI is InChI=1S/C15H21BrN2O/c1-12(19)14-6-5-13(11-15(14)16)17(2)9-10-18-7-3-4-8-18/h5-6,11H,3-4,7-10H2,1-2H3. The lowest BCUT2D eigenvalue weighted by molar-refractivity contribution is 0.101. The number of hydrogen-bond donors (Lipinski definition) is 0. The molecule has 1 aromatic carbocycles. The maximum Gasteiger partial charge on any atom is 0.160 e. The highest BCUT2D eigenvalue weighted by Crippen LogP contribution is 2.24. The fraction of sp³-hybridized carbons (Fsp3) is 0.533. The topological polar surface area (TPSA) is 23.6 Å². The number of anilines is 1. The minimum atomic E-state index is 0.0955. The van der Waals surface area contributed by atoms with Crippen LogP contribution in [0.2, 0.25) is 0 Å². The number of rotatable bonds is 5. The second-order valence-electron chi connectivity index (χ2n) is 5.19. The molecule has 0 unspecified atom stereocenters. The number of Topliss-reactive ketones (excluding diaryl/α,β-unsaturated/α-hetero) is 1. The van der Waals surface area contributed by atoms with Gasteiger partial charge in [0.05, 0.1) is 0 Å². The van der Waals surface area contributed by atoms with E-state index in [1.165, 1.54) is 25.9 Å². The maximum absolute atomic E-state index is 11.4. The molecule has 1 aromatic rings. The number of benzene rings is 1. The second kappa shape index (κ2) is 6.53. The van der Waals surface area contributed by atoms with Gasteiger partial charge in [-0.2, -0.15) is 0 Å². The van der Waals surface area contributed by atoms with Crippen molar-refractivity contribution in [2.45, 2.75) is 19.8 Å². The average molecular weight is 325 g/mol. The first-order valence-electron chi connectivity index (χ1n) is 6.82. The highest BCUT2D eigenvalue weighted by Gasteiger charge is 2.13. The molecule has 1 aliphatic heterocycles. The van der Waals surface area contributed by atoms with Gasteiger partial charge in [-0.25, -0.2) is 0 Å². The number of hydrogen-bond acceptors (Lipinski definition) is 3. The molecule has 1 aliphatic rings. The molecule has 0 bridgehead atoms. The SMILES string of the molecule is CC(=O)c1ccc(N(C)CCN2CCCC2)cc1Br. The van der Waals surface area contributed by atoms with E-state index < -0.39 is 0 Å². The Labute approximate surface area is 123 Å². The summed E-state index contributed by atoms with van der Waals surface area (Å²) in [6.45, 7) is 6.20. The first-order valence-corrected chi connectivity index (χ1v) is 7.61. The molecule has 19 heavy (non-hydrogen) atoms. The van der Waals surface area contributed by atoms with Crippen molar-refractivity contribution in [1.29, 1.82) is 0 Å². The Kier molecular flexibility index (Phi) is 4.99. The van der Waals surface area contributed by atoms with Crippen LogP contribution in [0, 0.1) is 0 Å². The molecule has 0 aromatic heterocycles. The van der Waals surface area contributed by atoms with Crippen LogP contribution >= 0.6 is 15.9 Å². The molecular formula is C15H21BrN2O. The van der Waals surface area contributed by atoms with Crippen LogP contribution in [0.3, 0.4) is 0 Å². The summed E-state index contributed by atoms with van der Waals surface area (Å²) < 4.78 is 0.880. The smallest absolute Gasteiger partial charge is 0.160 e. The van der Waals surface area contributed by atoms with E-state index in [1.54, 1.807) is 6.92 Å². The molecule has 0 saturated carbocycles. The third kappa shape index (κ3) is 3.80. The van der Waals surface area contributed by atoms with Gasteiger partial charge in [0, 0.05) is 35.9 Å². The molecule has 1 fully saturated rings. The summed E-state index contributed by atoms with van der Waals surface area (Å²) in [5.74, 6) is 0.0955. The van der Waals surface area contributed by atoms with Crippen LogP contribution in [0.4, 0.5) is 5.69 Å². The number of carbonyl (C=O) groups excluding carboxylic acids is 1. The molecular weight excluding hydrogens is 304 g/mol. The van der Waals surface area contributed by atoms with Gasteiger partial charge in [-0.15, -0.1) is 0 Å². The molecule has 0 aliphatic carbocycles. The average Bonchev–Trinajstić information content (AvgIpc) is 2.88. The van der Waals surface area contributed by atoms with Gasteiger partial charge in [-0.1, -0.05) is 0 Å². The van der Waals surface area contributed by atoms with Crippen LogP contribution in [0.1, 0.15) is 30.1 Å². The first-order chi connectivity index (χ1) is 9.08. The fourth-order valence-corrected chi connectivity index (χ4v) is 3.10. The molecule has 1 saturated heterocycles. The van der Waals surface area contributed by atoms with Crippen LogP contribution in [0.5, 0.6) is 0 Å². The van der Waals surface area contributed by atoms with Crippen LogP contribution in [-0.4, -0.2) is 43.9 Å². The number of ketones is 1. The number of carbonyl (C=O) groups is 1. The predicted octanol–water partition coefficient (Wildman–Crippen LogP) is 3.18. The summed E-state index contributed by atoms with van der Waals surface area (Å²) in [7, 11) is 2.10. The molecule has 0 radical (unpaired) electrons. The fourth-order valence-electron chi connectivity index (χ4n) is 2.45. The third-order valence-corrected chi connectivity index (χ3v) is 4.38. The van der Waals surface area contributed by atoms with Crippen LogP contribution in [-0.2, 0) is 0 Å². The van der Waals surface area contributed by atoms with Gasteiger partial charge in [0.25, 0.3) is 0 Å². The minimum Gasteiger partial charge on any atom is -0.373 e. The van der Waals surface area contributed by atoms with Crippen molar-refractivity contribution >= 4 is 27.4 Å². The molecule has 0 amide bonds. The lowest BCUT2D eigenvalue weighted by Crippen LogP contribution is -2.31.